The zero-order valence-corrected chi connectivity index (χ0v) is 9.44. The molecule has 0 aromatic heterocycles. The van der Waals surface area contributed by atoms with Crippen LogP contribution in [0.5, 0.6) is 0 Å². The largest absolute Gasteiger partial charge is 0.380 e. The smallest absolute Gasteiger partial charge is 0.0590 e. The van der Waals surface area contributed by atoms with Crippen molar-refractivity contribution >= 4 is 0 Å². The lowest BCUT2D eigenvalue weighted by molar-refractivity contribution is 0.134. The summed E-state index contributed by atoms with van der Waals surface area (Å²) >= 11 is 0. The summed E-state index contributed by atoms with van der Waals surface area (Å²) in [5.74, 6) is 0. The van der Waals surface area contributed by atoms with Gasteiger partial charge in [0.15, 0.2) is 0 Å². The zero-order chi connectivity index (χ0) is 9.94. The topological polar surface area (TPSA) is 21.3 Å². The average Bonchev–Trinajstić information content (AvgIpc) is 2.16. The van der Waals surface area contributed by atoms with E-state index in [-0.39, 0.29) is 0 Å². The Hall–Kier alpha value is -0.0800. The van der Waals surface area contributed by atoms with E-state index in [2.05, 4.69) is 26.1 Å². The molecule has 2 heteroatoms. The molecule has 0 saturated carbocycles. The van der Waals surface area contributed by atoms with Crippen molar-refractivity contribution in [3.05, 3.63) is 0 Å². The maximum absolute atomic E-state index is 5.39. The number of hydrogen-bond acceptors (Lipinski definition) is 2. The van der Waals surface area contributed by atoms with Gasteiger partial charge in [0.25, 0.3) is 0 Å². The van der Waals surface area contributed by atoms with E-state index >= 15 is 0 Å². The summed E-state index contributed by atoms with van der Waals surface area (Å²) in [6, 6.07) is 0.690. The van der Waals surface area contributed by atoms with Crippen molar-refractivity contribution < 1.29 is 4.74 Å². The van der Waals surface area contributed by atoms with Crippen molar-refractivity contribution in [1.29, 1.82) is 0 Å². The van der Waals surface area contributed by atoms with Gasteiger partial charge in [-0.25, -0.2) is 0 Å². The first-order chi connectivity index (χ1) is 6.35. The van der Waals surface area contributed by atoms with Gasteiger partial charge in [-0.1, -0.05) is 27.2 Å². The van der Waals surface area contributed by atoms with Gasteiger partial charge in [0.1, 0.15) is 0 Å². The molecule has 0 aromatic carbocycles. The second kappa shape index (κ2) is 10.0. The predicted octanol–water partition coefficient (Wildman–Crippen LogP) is 2.58. The number of hydrogen-bond donors (Lipinski definition) is 1. The SMILES string of the molecule is CCCOCCNC(CC)CCC. The first kappa shape index (κ1) is 12.9. The Morgan fingerprint density at radius 2 is 1.85 bits per heavy atom. The molecule has 0 rings (SSSR count). The highest BCUT2D eigenvalue weighted by molar-refractivity contribution is 4.63. The molecular weight excluding hydrogens is 162 g/mol. The standard InChI is InChI=1S/C11H25NO/c1-4-7-11(6-3)12-8-10-13-9-5-2/h11-12H,4-10H2,1-3H3. The second-order valence-electron chi connectivity index (χ2n) is 3.46. The molecule has 0 spiro atoms. The molecule has 0 saturated heterocycles. The maximum atomic E-state index is 5.39. The first-order valence-corrected chi connectivity index (χ1v) is 5.66. The van der Waals surface area contributed by atoms with Gasteiger partial charge >= 0.3 is 0 Å². The van der Waals surface area contributed by atoms with Gasteiger partial charge < -0.3 is 10.1 Å². The molecule has 0 heterocycles. The van der Waals surface area contributed by atoms with Crippen LogP contribution in [0.1, 0.15) is 46.5 Å². The summed E-state index contributed by atoms with van der Waals surface area (Å²) in [6.45, 7) is 9.36. The van der Waals surface area contributed by atoms with Gasteiger partial charge in [0.2, 0.25) is 0 Å². The van der Waals surface area contributed by atoms with Crippen LogP contribution in [0.4, 0.5) is 0 Å². The molecule has 1 atom stereocenters. The van der Waals surface area contributed by atoms with E-state index in [0.717, 1.165) is 26.2 Å². The minimum atomic E-state index is 0.690. The molecule has 0 bridgehead atoms. The zero-order valence-electron chi connectivity index (χ0n) is 9.44. The Morgan fingerprint density at radius 3 is 2.38 bits per heavy atom. The summed E-state index contributed by atoms with van der Waals surface area (Å²) in [5, 5.41) is 3.50. The van der Waals surface area contributed by atoms with Crippen LogP contribution >= 0.6 is 0 Å². The van der Waals surface area contributed by atoms with Crippen LogP contribution in [0.15, 0.2) is 0 Å². The van der Waals surface area contributed by atoms with Gasteiger partial charge in [0.05, 0.1) is 6.61 Å². The predicted molar refractivity (Wildman–Crippen MR) is 58.1 cm³/mol. The number of rotatable bonds is 9. The van der Waals surface area contributed by atoms with E-state index in [0.29, 0.717) is 6.04 Å². The second-order valence-corrected chi connectivity index (χ2v) is 3.46. The highest BCUT2D eigenvalue weighted by atomic mass is 16.5. The van der Waals surface area contributed by atoms with Crippen molar-refractivity contribution in [3.8, 4) is 0 Å². The van der Waals surface area contributed by atoms with Crippen molar-refractivity contribution in [2.45, 2.75) is 52.5 Å². The molecule has 1 N–H and O–H groups in total. The lowest BCUT2D eigenvalue weighted by Crippen LogP contribution is -2.31. The molecule has 0 aliphatic carbocycles. The Labute approximate surface area is 83.1 Å². The van der Waals surface area contributed by atoms with Crippen LogP contribution in [0, 0.1) is 0 Å². The third-order valence-corrected chi connectivity index (χ3v) is 2.16. The molecule has 0 aromatic rings. The van der Waals surface area contributed by atoms with E-state index in [1.165, 1.54) is 19.3 Å². The molecule has 0 aliphatic heterocycles. The average molecular weight is 187 g/mol. The van der Waals surface area contributed by atoms with Crippen LogP contribution in [0.25, 0.3) is 0 Å². The lowest BCUT2D eigenvalue weighted by atomic mass is 10.1. The quantitative estimate of drug-likeness (QED) is 0.560. The molecule has 0 amide bonds. The van der Waals surface area contributed by atoms with Gasteiger partial charge in [-0.3, -0.25) is 0 Å². The van der Waals surface area contributed by atoms with Crippen molar-refractivity contribution in [3.63, 3.8) is 0 Å². The summed E-state index contributed by atoms with van der Waals surface area (Å²) < 4.78 is 5.39. The fourth-order valence-electron chi connectivity index (χ4n) is 1.38. The Bertz CT molecular complexity index is 96.1. The lowest BCUT2D eigenvalue weighted by Gasteiger charge is -2.15. The van der Waals surface area contributed by atoms with Gasteiger partial charge in [-0.2, -0.15) is 0 Å². The van der Waals surface area contributed by atoms with E-state index in [1.807, 2.05) is 0 Å². The van der Waals surface area contributed by atoms with Crippen LogP contribution in [-0.2, 0) is 4.74 Å². The normalized spacial score (nSPS) is 13.2. The summed E-state index contributed by atoms with van der Waals surface area (Å²) in [5.41, 5.74) is 0. The van der Waals surface area contributed by atoms with Crippen molar-refractivity contribution in [1.82, 2.24) is 5.32 Å². The fraction of sp³-hybridized carbons (Fsp3) is 1.00. The van der Waals surface area contributed by atoms with E-state index in [4.69, 9.17) is 4.74 Å². The third-order valence-electron chi connectivity index (χ3n) is 2.16. The molecule has 2 nitrogen and oxygen atoms in total. The molecule has 80 valence electrons. The monoisotopic (exact) mass is 187 g/mol. The minimum Gasteiger partial charge on any atom is -0.380 e. The van der Waals surface area contributed by atoms with Crippen molar-refractivity contribution in [2.75, 3.05) is 19.8 Å². The maximum Gasteiger partial charge on any atom is 0.0590 e. The molecule has 0 radical (unpaired) electrons. The Kier molecular flexibility index (Phi) is 9.94. The molecule has 0 aliphatic rings. The van der Waals surface area contributed by atoms with E-state index in [1.54, 1.807) is 0 Å². The minimum absolute atomic E-state index is 0.690. The van der Waals surface area contributed by atoms with E-state index in [9.17, 15) is 0 Å². The highest BCUT2D eigenvalue weighted by Crippen LogP contribution is 1.99. The van der Waals surface area contributed by atoms with Crippen LogP contribution in [0.3, 0.4) is 0 Å². The van der Waals surface area contributed by atoms with E-state index < -0.39 is 0 Å². The van der Waals surface area contributed by atoms with Gasteiger partial charge in [-0.05, 0) is 19.3 Å². The van der Waals surface area contributed by atoms with Crippen LogP contribution in [0.2, 0.25) is 0 Å². The summed E-state index contributed by atoms with van der Waals surface area (Å²) in [6.07, 6.45) is 4.89. The molecular formula is C11H25NO. The molecule has 13 heavy (non-hydrogen) atoms. The number of nitrogens with one attached hydrogen (secondary N) is 1. The van der Waals surface area contributed by atoms with Crippen LogP contribution in [-0.4, -0.2) is 25.8 Å². The molecule has 0 fully saturated rings. The molecule has 1 unspecified atom stereocenters. The third kappa shape index (κ3) is 8.26. The summed E-state index contributed by atoms with van der Waals surface area (Å²) in [4.78, 5) is 0. The summed E-state index contributed by atoms with van der Waals surface area (Å²) in [7, 11) is 0. The van der Waals surface area contributed by atoms with Crippen molar-refractivity contribution in [2.24, 2.45) is 0 Å². The van der Waals surface area contributed by atoms with Crippen LogP contribution < -0.4 is 5.32 Å². The highest BCUT2D eigenvalue weighted by Gasteiger charge is 2.02. The fourth-order valence-corrected chi connectivity index (χ4v) is 1.38. The Morgan fingerprint density at radius 1 is 1.08 bits per heavy atom. The van der Waals surface area contributed by atoms with Gasteiger partial charge in [-0.15, -0.1) is 0 Å². The number of ether oxygens (including phenoxy) is 1. The van der Waals surface area contributed by atoms with Gasteiger partial charge in [0, 0.05) is 19.2 Å². The Balaban J connectivity index is 3.17. The first-order valence-electron chi connectivity index (χ1n) is 5.66.